The maximum Gasteiger partial charge on any atom is 0.257 e. The quantitative estimate of drug-likeness (QED) is 0.658. The van der Waals surface area contributed by atoms with E-state index < -0.39 is 23.1 Å². The van der Waals surface area contributed by atoms with Gasteiger partial charge in [-0.05, 0) is 29.3 Å². The molecule has 0 aliphatic heterocycles. The lowest BCUT2D eigenvalue weighted by atomic mass is 10.1. The molecule has 0 aromatic heterocycles. The van der Waals surface area contributed by atoms with Gasteiger partial charge >= 0.3 is 0 Å². The van der Waals surface area contributed by atoms with E-state index in [0.717, 1.165) is 39.5 Å². The smallest absolute Gasteiger partial charge is 0.257 e. The molecule has 2 aromatic carbocycles. The largest absolute Gasteiger partial charge is 0.345 e. The second-order valence-electron chi connectivity index (χ2n) is 4.91. The van der Waals surface area contributed by atoms with Crippen molar-refractivity contribution in [1.82, 2.24) is 5.32 Å². The number of amides is 1. The molecule has 116 valence electrons. The minimum Gasteiger partial charge on any atom is -0.345 e. The standard InChI is InChI=1S/C16H16ClF2NOSi/c17-8-10-4-6-11(7-5-10)14(9-22)20-16(21)15-12(18)2-1-3-13(15)19/h1-7,14H,8-9H2,22H3,(H,20,21). The van der Waals surface area contributed by atoms with Crippen molar-refractivity contribution in [3.05, 3.63) is 70.8 Å². The molecule has 1 unspecified atom stereocenters. The van der Waals surface area contributed by atoms with Gasteiger partial charge < -0.3 is 5.32 Å². The molecule has 0 fully saturated rings. The molecule has 6 heteroatoms. The van der Waals surface area contributed by atoms with Crippen LogP contribution in [0.2, 0.25) is 6.04 Å². The average molecular weight is 340 g/mol. The fourth-order valence-electron chi connectivity index (χ4n) is 2.21. The van der Waals surface area contributed by atoms with E-state index in [4.69, 9.17) is 11.6 Å². The number of halogens is 3. The first-order chi connectivity index (χ1) is 10.6. The highest BCUT2D eigenvalue weighted by molar-refractivity contribution is 6.17. The van der Waals surface area contributed by atoms with E-state index >= 15 is 0 Å². The lowest BCUT2D eigenvalue weighted by Crippen LogP contribution is -2.29. The molecule has 2 rings (SSSR count). The molecular weight excluding hydrogens is 324 g/mol. The Morgan fingerprint density at radius 2 is 1.73 bits per heavy atom. The maximum atomic E-state index is 13.6. The second kappa shape index (κ2) is 7.51. The van der Waals surface area contributed by atoms with Gasteiger partial charge in [0.25, 0.3) is 5.91 Å². The van der Waals surface area contributed by atoms with Crippen molar-refractivity contribution in [2.75, 3.05) is 0 Å². The van der Waals surface area contributed by atoms with Crippen LogP contribution in [0.4, 0.5) is 8.78 Å². The van der Waals surface area contributed by atoms with Crippen molar-refractivity contribution >= 4 is 27.8 Å². The fraction of sp³-hybridized carbons (Fsp3) is 0.188. The molecule has 0 aliphatic carbocycles. The predicted octanol–water partition coefficient (Wildman–Crippen LogP) is 2.96. The van der Waals surface area contributed by atoms with E-state index in [1.54, 1.807) is 0 Å². The van der Waals surface area contributed by atoms with E-state index in [2.05, 4.69) is 5.32 Å². The fourth-order valence-corrected chi connectivity index (χ4v) is 3.06. The Morgan fingerprint density at radius 1 is 1.14 bits per heavy atom. The van der Waals surface area contributed by atoms with Gasteiger partial charge in [0.1, 0.15) is 17.2 Å². The van der Waals surface area contributed by atoms with Crippen LogP contribution in [-0.2, 0) is 5.88 Å². The summed E-state index contributed by atoms with van der Waals surface area (Å²) < 4.78 is 27.3. The summed E-state index contributed by atoms with van der Waals surface area (Å²) in [4.78, 5) is 12.2. The molecule has 1 N–H and O–H groups in total. The Kier molecular flexibility index (Phi) is 5.68. The van der Waals surface area contributed by atoms with Gasteiger partial charge in [-0.25, -0.2) is 8.78 Å². The van der Waals surface area contributed by atoms with E-state index in [0.29, 0.717) is 5.88 Å². The molecule has 0 heterocycles. The zero-order valence-electron chi connectivity index (χ0n) is 12.1. The van der Waals surface area contributed by atoms with E-state index in [-0.39, 0.29) is 6.04 Å². The molecule has 0 bridgehead atoms. The first-order valence-corrected chi connectivity index (χ1v) is 8.91. The highest BCUT2D eigenvalue weighted by Gasteiger charge is 2.20. The third kappa shape index (κ3) is 3.72. The second-order valence-corrected chi connectivity index (χ2v) is 5.99. The van der Waals surface area contributed by atoms with Crippen molar-refractivity contribution in [2.24, 2.45) is 0 Å². The van der Waals surface area contributed by atoms with Crippen molar-refractivity contribution < 1.29 is 13.6 Å². The van der Waals surface area contributed by atoms with Crippen molar-refractivity contribution in [2.45, 2.75) is 18.0 Å². The van der Waals surface area contributed by atoms with Crippen LogP contribution in [-0.4, -0.2) is 16.1 Å². The predicted molar refractivity (Wildman–Crippen MR) is 87.3 cm³/mol. The third-order valence-electron chi connectivity index (χ3n) is 3.44. The van der Waals surface area contributed by atoms with Crippen LogP contribution in [0.1, 0.15) is 27.5 Å². The maximum absolute atomic E-state index is 13.6. The van der Waals surface area contributed by atoms with E-state index in [1.807, 2.05) is 24.3 Å². The van der Waals surface area contributed by atoms with Gasteiger partial charge in [-0.15, -0.1) is 11.6 Å². The number of hydrogen-bond acceptors (Lipinski definition) is 1. The molecule has 0 aliphatic rings. The zero-order chi connectivity index (χ0) is 16.1. The first kappa shape index (κ1) is 16.6. The molecule has 0 radical (unpaired) electrons. The van der Waals surface area contributed by atoms with Crippen molar-refractivity contribution in [1.29, 1.82) is 0 Å². The molecular formula is C16H16ClF2NOSi. The summed E-state index contributed by atoms with van der Waals surface area (Å²) in [6.45, 7) is 0. The molecule has 1 atom stereocenters. The Hall–Kier alpha value is -1.72. The first-order valence-electron chi connectivity index (χ1n) is 6.96. The number of nitrogens with one attached hydrogen (secondary N) is 1. The number of carbonyl (C=O) groups is 1. The van der Waals surface area contributed by atoms with Gasteiger partial charge in [0, 0.05) is 16.1 Å². The summed E-state index contributed by atoms with van der Waals surface area (Å²) in [6.07, 6.45) is 0. The minimum atomic E-state index is -0.859. The molecule has 2 nitrogen and oxygen atoms in total. The molecule has 22 heavy (non-hydrogen) atoms. The highest BCUT2D eigenvalue weighted by atomic mass is 35.5. The Morgan fingerprint density at radius 3 is 2.23 bits per heavy atom. The molecule has 2 aromatic rings. The Bertz CT molecular complexity index is 643. The summed E-state index contributed by atoms with van der Waals surface area (Å²) in [6, 6.07) is 11.4. The number of hydrogen-bond donors (Lipinski definition) is 1. The summed E-state index contributed by atoms with van der Waals surface area (Å²) in [7, 11) is 0.842. The monoisotopic (exact) mass is 339 g/mol. The normalized spacial score (nSPS) is 12.1. The van der Waals surface area contributed by atoms with Gasteiger partial charge in [-0.2, -0.15) is 0 Å². The average Bonchev–Trinajstić information content (AvgIpc) is 2.52. The van der Waals surface area contributed by atoms with Crippen LogP contribution < -0.4 is 5.32 Å². The Balaban J connectivity index is 2.20. The lowest BCUT2D eigenvalue weighted by molar-refractivity contribution is 0.0931. The van der Waals surface area contributed by atoms with Crippen molar-refractivity contribution in [3.8, 4) is 0 Å². The van der Waals surface area contributed by atoms with Gasteiger partial charge in [0.2, 0.25) is 0 Å². The summed E-state index contributed by atoms with van der Waals surface area (Å²) in [5, 5.41) is 2.70. The molecule has 0 spiro atoms. The SMILES string of the molecule is O=C(NC(C[SiH3])c1ccc(CCl)cc1)c1c(F)cccc1F. The highest BCUT2D eigenvalue weighted by Crippen LogP contribution is 2.20. The van der Waals surface area contributed by atoms with Crippen LogP contribution in [0.5, 0.6) is 0 Å². The topological polar surface area (TPSA) is 29.1 Å². The number of carbonyl (C=O) groups excluding carboxylic acids is 1. The number of benzene rings is 2. The van der Waals surface area contributed by atoms with Gasteiger partial charge in [0.15, 0.2) is 0 Å². The van der Waals surface area contributed by atoms with Crippen LogP contribution in [0, 0.1) is 11.6 Å². The van der Waals surface area contributed by atoms with Crippen molar-refractivity contribution in [3.63, 3.8) is 0 Å². The molecule has 1 amide bonds. The lowest BCUT2D eigenvalue weighted by Gasteiger charge is -2.18. The Labute approximate surface area is 135 Å². The van der Waals surface area contributed by atoms with Gasteiger partial charge in [0.05, 0.1) is 6.04 Å². The van der Waals surface area contributed by atoms with Crippen LogP contribution in [0.3, 0.4) is 0 Å². The third-order valence-corrected chi connectivity index (χ3v) is 4.56. The van der Waals surface area contributed by atoms with Gasteiger partial charge in [-0.3, -0.25) is 4.79 Å². The summed E-state index contributed by atoms with van der Waals surface area (Å²) in [5.74, 6) is -2.04. The number of rotatable bonds is 5. The van der Waals surface area contributed by atoms with Crippen LogP contribution >= 0.6 is 11.6 Å². The zero-order valence-corrected chi connectivity index (χ0v) is 14.8. The van der Waals surface area contributed by atoms with Crippen LogP contribution in [0.25, 0.3) is 0 Å². The summed E-state index contributed by atoms with van der Waals surface area (Å²) in [5.41, 5.74) is 1.33. The number of alkyl halides is 1. The molecule has 0 saturated carbocycles. The van der Waals surface area contributed by atoms with E-state index in [1.165, 1.54) is 6.07 Å². The summed E-state index contributed by atoms with van der Waals surface area (Å²) >= 11 is 5.75. The van der Waals surface area contributed by atoms with Crippen LogP contribution in [0.15, 0.2) is 42.5 Å². The van der Waals surface area contributed by atoms with Gasteiger partial charge in [-0.1, -0.05) is 30.3 Å². The molecule has 0 saturated heterocycles. The van der Waals surface area contributed by atoms with E-state index in [9.17, 15) is 13.6 Å². The minimum absolute atomic E-state index is 0.262.